The lowest BCUT2D eigenvalue weighted by Gasteiger charge is -2.03. The predicted molar refractivity (Wildman–Crippen MR) is 113 cm³/mol. The highest BCUT2D eigenvalue weighted by Crippen LogP contribution is 2.13. The Bertz CT molecular complexity index is 407. The van der Waals surface area contributed by atoms with Crippen molar-refractivity contribution in [2.75, 3.05) is 6.61 Å². The molecule has 8 nitrogen and oxygen atoms in total. The second kappa shape index (κ2) is 25.3. The summed E-state index contributed by atoms with van der Waals surface area (Å²) in [5.74, 6) is 0. The van der Waals surface area contributed by atoms with Crippen LogP contribution in [0.1, 0.15) is 110 Å². The summed E-state index contributed by atoms with van der Waals surface area (Å²) in [6.07, 6.45) is 22.9. The summed E-state index contributed by atoms with van der Waals surface area (Å²) in [4.78, 5) is 9.04. The van der Waals surface area contributed by atoms with E-state index in [9.17, 15) is 0 Å². The molecule has 0 atom stereocenters. The Morgan fingerprint density at radius 1 is 0.690 bits per heavy atom. The van der Waals surface area contributed by atoms with Crippen LogP contribution in [0.4, 0.5) is 0 Å². The Kier molecular flexibility index (Phi) is 26.6. The fourth-order valence-corrected chi connectivity index (χ4v) is 2.81. The Balaban J connectivity index is 0. The van der Waals surface area contributed by atoms with Gasteiger partial charge in [0.1, 0.15) is 6.26 Å². The first-order valence-electron chi connectivity index (χ1n) is 10.8. The van der Waals surface area contributed by atoms with E-state index in [1.165, 1.54) is 96.3 Å². The summed E-state index contributed by atoms with van der Waals surface area (Å²) >= 11 is 0. The van der Waals surface area contributed by atoms with Gasteiger partial charge in [0.25, 0.3) is 0 Å². The van der Waals surface area contributed by atoms with Crippen LogP contribution in [-0.2, 0) is 30.3 Å². The number of rotatable bonds is 21. The van der Waals surface area contributed by atoms with E-state index >= 15 is 0 Å². The summed E-state index contributed by atoms with van der Waals surface area (Å²) in [5.41, 5.74) is 0. The molecule has 0 aromatic rings. The molecule has 176 valence electrons. The van der Waals surface area contributed by atoms with Crippen LogP contribution >= 0.6 is 0 Å². The molecular formula is C20H42O8S. The first-order chi connectivity index (χ1) is 13.9. The Labute approximate surface area is 177 Å². The van der Waals surface area contributed by atoms with Crippen molar-refractivity contribution in [1.82, 2.24) is 0 Å². The molecule has 0 aliphatic rings. The highest BCUT2D eigenvalue weighted by Gasteiger charge is 1.95. The fourth-order valence-electron chi connectivity index (χ4n) is 2.81. The zero-order valence-electron chi connectivity index (χ0n) is 18.1. The second-order valence-corrected chi connectivity index (χ2v) is 7.87. The third-order valence-corrected chi connectivity index (χ3v) is 4.26. The summed E-state index contributed by atoms with van der Waals surface area (Å²) < 4.78 is 31.6. The molecule has 0 aromatic heterocycles. The maximum absolute atomic E-state index is 8.74. The number of unbranched alkanes of at least 4 members (excludes halogenated alkanes) is 15. The van der Waals surface area contributed by atoms with Crippen LogP contribution in [0.25, 0.3) is 0 Å². The molecule has 2 N–H and O–H groups in total. The van der Waals surface area contributed by atoms with Crippen molar-refractivity contribution in [3.63, 3.8) is 0 Å². The number of hydrogen-bond donors (Lipinski definition) is 2. The average Bonchev–Trinajstić information content (AvgIpc) is 2.65. The zero-order valence-corrected chi connectivity index (χ0v) is 18.9. The van der Waals surface area contributed by atoms with E-state index in [-0.39, 0.29) is 0 Å². The van der Waals surface area contributed by atoms with E-state index in [1.807, 2.05) is 0 Å². The predicted octanol–water partition coefficient (Wildman–Crippen LogP) is 6.55. The van der Waals surface area contributed by atoms with Crippen molar-refractivity contribution in [3.8, 4) is 0 Å². The lowest BCUT2D eigenvalue weighted by molar-refractivity contribution is -0.621. The highest BCUT2D eigenvalue weighted by atomic mass is 32.3. The Hall–Kier alpha value is -0.710. The van der Waals surface area contributed by atoms with Crippen molar-refractivity contribution in [2.45, 2.75) is 110 Å². The normalized spacial score (nSPS) is 11.0. The molecule has 0 aliphatic carbocycles. The van der Waals surface area contributed by atoms with Gasteiger partial charge in [0, 0.05) is 5.04 Å². The van der Waals surface area contributed by atoms with Gasteiger partial charge in [-0.25, -0.2) is 4.89 Å². The maximum atomic E-state index is 8.74. The molecule has 0 heterocycles. The van der Waals surface area contributed by atoms with E-state index < -0.39 is 10.4 Å². The van der Waals surface area contributed by atoms with Gasteiger partial charge in [0.15, 0.2) is 0 Å². The van der Waals surface area contributed by atoms with Gasteiger partial charge in [-0.1, -0.05) is 110 Å². The van der Waals surface area contributed by atoms with Gasteiger partial charge in [0.2, 0.25) is 0 Å². The minimum absolute atomic E-state index is 0.527. The molecule has 0 aromatic carbocycles. The number of hydrogen-bond acceptors (Lipinski definition) is 6. The van der Waals surface area contributed by atoms with Gasteiger partial charge >= 0.3 is 10.4 Å². The van der Waals surface area contributed by atoms with Crippen LogP contribution in [0.15, 0.2) is 12.8 Å². The SMILES string of the molecule is C=COOOOCCCCCCCCCCCCCCCCCC.O=S(=O)(O)O. The van der Waals surface area contributed by atoms with E-state index in [1.54, 1.807) is 0 Å². The van der Waals surface area contributed by atoms with E-state index in [4.69, 9.17) is 22.4 Å². The van der Waals surface area contributed by atoms with Crippen LogP contribution in [0.2, 0.25) is 0 Å². The first-order valence-corrected chi connectivity index (χ1v) is 12.2. The summed E-state index contributed by atoms with van der Waals surface area (Å²) in [7, 11) is -4.67. The van der Waals surface area contributed by atoms with E-state index in [0.717, 1.165) is 12.7 Å². The highest BCUT2D eigenvalue weighted by molar-refractivity contribution is 7.79. The molecule has 0 spiro atoms. The van der Waals surface area contributed by atoms with Gasteiger partial charge in [0.05, 0.1) is 6.61 Å². The standard InChI is InChI=1S/C20H40O4.H2O4S/c1-3-5-6-7-8-9-10-11-12-13-14-15-16-17-18-19-20-22-24-23-21-4-2;1-5(2,3)4/h4H,2-3,5-20H2,1H3;(H2,1,2,3,4). The maximum Gasteiger partial charge on any atom is 0.394 e. The van der Waals surface area contributed by atoms with E-state index in [2.05, 4.69) is 28.5 Å². The Morgan fingerprint density at radius 3 is 1.38 bits per heavy atom. The molecule has 0 saturated heterocycles. The second-order valence-electron chi connectivity index (χ2n) is 6.97. The lowest BCUT2D eigenvalue weighted by Crippen LogP contribution is -1.97. The van der Waals surface area contributed by atoms with Crippen molar-refractivity contribution in [1.29, 1.82) is 0 Å². The van der Waals surface area contributed by atoms with Gasteiger partial charge in [-0.05, 0) is 11.5 Å². The smallest absolute Gasteiger partial charge is 0.315 e. The molecule has 29 heavy (non-hydrogen) atoms. The molecule has 9 heteroatoms. The average molecular weight is 443 g/mol. The van der Waals surface area contributed by atoms with Gasteiger partial charge in [-0.15, -0.1) is 0 Å². The summed E-state index contributed by atoms with van der Waals surface area (Å²) in [6, 6.07) is 0. The van der Waals surface area contributed by atoms with Gasteiger partial charge in [-0.2, -0.15) is 8.42 Å². The molecule has 0 fully saturated rings. The molecule has 0 saturated carbocycles. The molecule has 0 radical (unpaired) electrons. The van der Waals surface area contributed by atoms with Crippen molar-refractivity contribution < 1.29 is 37.4 Å². The lowest BCUT2D eigenvalue weighted by atomic mass is 10.0. The van der Waals surface area contributed by atoms with Crippen LogP contribution < -0.4 is 0 Å². The largest absolute Gasteiger partial charge is 0.394 e. The minimum atomic E-state index is -4.67. The molecule has 0 bridgehead atoms. The first kappa shape index (κ1) is 30.5. The van der Waals surface area contributed by atoms with Gasteiger partial charge < -0.3 is 4.89 Å². The quantitative estimate of drug-likeness (QED) is 0.0676. The van der Waals surface area contributed by atoms with Crippen LogP contribution in [0.5, 0.6) is 0 Å². The molecular weight excluding hydrogens is 400 g/mol. The van der Waals surface area contributed by atoms with E-state index in [0.29, 0.717) is 6.61 Å². The minimum Gasteiger partial charge on any atom is -0.315 e. The topological polar surface area (TPSA) is 112 Å². The van der Waals surface area contributed by atoms with Gasteiger partial charge in [-0.3, -0.25) is 9.11 Å². The van der Waals surface area contributed by atoms with Crippen molar-refractivity contribution >= 4 is 10.4 Å². The fraction of sp³-hybridized carbons (Fsp3) is 0.900. The third-order valence-electron chi connectivity index (χ3n) is 4.26. The molecule has 0 aliphatic heterocycles. The van der Waals surface area contributed by atoms with Crippen LogP contribution in [0, 0.1) is 0 Å². The zero-order chi connectivity index (χ0) is 22.1. The molecule has 0 unspecified atom stereocenters. The summed E-state index contributed by atoms with van der Waals surface area (Å²) in [6.45, 7) is 6.10. The van der Waals surface area contributed by atoms with Crippen molar-refractivity contribution in [2.24, 2.45) is 0 Å². The Morgan fingerprint density at radius 2 is 1.03 bits per heavy atom. The van der Waals surface area contributed by atoms with Crippen LogP contribution in [-0.4, -0.2) is 24.1 Å². The summed E-state index contributed by atoms with van der Waals surface area (Å²) in [5, 5.41) is 8.48. The third kappa shape index (κ3) is 42.4. The molecule has 0 amide bonds. The molecule has 0 rings (SSSR count). The van der Waals surface area contributed by atoms with Crippen molar-refractivity contribution in [3.05, 3.63) is 12.8 Å². The monoisotopic (exact) mass is 442 g/mol. The van der Waals surface area contributed by atoms with Crippen LogP contribution in [0.3, 0.4) is 0 Å².